The number of carbonyl (C=O) groups excluding carboxylic acids is 1. The first-order valence-corrected chi connectivity index (χ1v) is 11.2. The van der Waals surface area contributed by atoms with Crippen molar-refractivity contribution in [2.45, 2.75) is 75.3 Å². The van der Waals surface area contributed by atoms with Gasteiger partial charge in [0.25, 0.3) is 5.91 Å². The lowest BCUT2D eigenvalue weighted by Crippen LogP contribution is -2.62. The van der Waals surface area contributed by atoms with Gasteiger partial charge in [-0.3, -0.25) is 4.79 Å². The van der Waals surface area contributed by atoms with Crippen LogP contribution in [0.4, 0.5) is 5.95 Å². The van der Waals surface area contributed by atoms with Crippen molar-refractivity contribution in [3.63, 3.8) is 0 Å². The van der Waals surface area contributed by atoms with Gasteiger partial charge in [0.15, 0.2) is 0 Å². The lowest BCUT2D eigenvalue weighted by atomic mass is 9.52. The van der Waals surface area contributed by atoms with Gasteiger partial charge in [-0.05, 0) is 62.7 Å². The number of aliphatic hydroxyl groups is 2. The van der Waals surface area contributed by atoms with E-state index < -0.39 is 11.5 Å². The van der Waals surface area contributed by atoms with Crippen LogP contribution in [0.2, 0.25) is 0 Å². The predicted octanol–water partition coefficient (Wildman–Crippen LogP) is 1.97. The molecular weight excluding hydrogens is 368 g/mol. The quantitative estimate of drug-likeness (QED) is 0.673. The first-order valence-electron chi connectivity index (χ1n) is 11.2. The van der Waals surface area contributed by atoms with Crippen LogP contribution in [0.25, 0.3) is 0 Å². The van der Waals surface area contributed by atoms with E-state index in [9.17, 15) is 15.0 Å². The number of hydrogen-bond donors (Lipinski definition) is 3. The average Bonchev–Trinajstić information content (AvgIpc) is 3.19. The van der Waals surface area contributed by atoms with Crippen molar-refractivity contribution in [2.24, 2.45) is 23.5 Å². The van der Waals surface area contributed by atoms with E-state index >= 15 is 0 Å². The molecule has 0 spiro atoms. The van der Waals surface area contributed by atoms with Gasteiger partial charge in [0.05, 0.1) is 23.5 Å². The molecule has 0 saturated heterocycles. The highest BCUT2D eigenvalue weighted by Gasteiger charge is 2.56. The maximum Gasteiger partial charge on any atom is 0.252 e. The van der Waals surface area contributed by atoms with Crippen LogP contribution in [0.15, 0.2) is 6.20 Å². The van der Waals surface area contributed by atoms with Crippen LogP contribution >= 0.6 is 0 Å². The molecule has 2 atom stereocenters. The topological polar surface area (TPSA) is 113 Å². The summed E-state index contributed by atoms with van der Waals surface area (Å²) in [4.78, 5) is 23.6. The first kappa shape index (κ1) is 19.2. The molecule has 1 heterocycles. The van der Waals surface area contributed by atoms with Gasteiger partial charge < -0.3 is 20.8 Å². The summed E-state index contributed by atoms with van der Waals surface area (Å²) < 4.78 is 0. The van der Waals surface area contributed by atoms with Crippen LogP contribution in [0.3, 0.4) is 0 Å². The number of primary amides is 1. The van der Waals surface area contributed by atoms with Crippen LogP contribution in [0.1, 0.15) is 79.8 Å². The van der Waals surface area contributed by atoms with Crippen LogP contribution in [0, 0.1) is 17.8 Å². The molecule has 5 aliphatic carbocycles. The summed E-state index contributed by atoms with van der Waals surface area (Å²) in [6.45, 7) is 0.504. The summed E-state index contributed by atoms with van der Waals surface area (Å²) in [5.74, 6) is 1.84. The monoisotopic (exact) mass is 400 g/mol. The van der Waals surface area contributed by atoms with Gasteiger partial charge in [-0.1, -0.05) is 12.8 Å². The molecule has 0 aromatic carbocycles. The number of hydrogen-bond acceptors (Lipinski definition) is 6. The Balaban J connectivity index is 1.50. The average molecular weight is 401 g/mol. The van der Waals surface area contributed by atoms with E-state index in [1.807, 2.05) is 0 Å². The Morgan fingerprint density at radius 3 is 2.48 bits per heavy atom. The van der Waals surface area contributed by atoms with Crippen molar-refractivity contribution >= 4 is 11.9 Å². The van der Waals surface area contributed by atoms with Crippen LogP contribution in [0.5, 0.6) is 0 Å². The van der Waals surface area contributed by atoms with Crippen LogP contribution < -0.4 is 10.6 Å². The fourth-order valence-electron chi connectivity index (χ4n) is 7.18. The molecule has 7 nitrogen and oxygen atoms in total. The SMILES string of the molecule is NC(=O)c1cnc(N(CCO)C2C3CC4CC2CC(O)(C4)C3)nc1C1CCCC1. The Kier molecular flexibility index (Phi) is 4.78. The van der Waals surface area contributed by atoms with E-state index in [-0.39, 0.29) is 18.6 Å². The molecule has 4 N–H and O–H groups in total. The summed E-state index contributed by atoms with van der Waals surface area (Å²) in [5.41, 5.74) is 6.34. The minimum absolute atomic E-state index is 0.0311. The van der Waals surface area contributed by atoms with Crippen molar-refractivity contribution in [3.8, 4) is 0 Å². The highest BCUT2D eigenvalue weighted by molar-refractivity contribution is 5.93. The first-order chi connectivity index (χ1) is 14.0. The molecule has 5 aliphatic rings. The van der Waals surface area contributed by atoms with Gasteiger partial charge in [-0.2, -0.15) is 0 Å². The summed E-state index contributed by atoms with van der Waals surface area (Å²) in [6.07, 6.45) is 10.8. The maximum absolute atomic E-state index is 12.0. The molecule has 5 fully saturated rings. The number of nitrogens with two attached hydrogens (primary N) is 1. The number of aliphatic hydroxyl groups excluding tert-OH is 1. The number of carbonyl (C=O) groups is 1. The Bertz CT molecular complexity index is 778. The van der Waals surface area contributed by atoms with E-state index in [1.54, 1.807) is 6.20 Å². The standard InChI is InChI=1S/C22H32N4O3/c23-20(28)17-12-24-21(25-18(17)14-3-1-2-4-14)26(5-6-27)19-15-7-13-8-16(19)11-22(29,9-13)10-15/h12-16,19,27,29H,1-11H2,(H2,23,28). The molecule has 6 rings (SSSR count). The third-order valence-electron chi connectivity index (χ3n) is 7.96. The molecule has 0 aliphatic heterocycles. The molecule has 1 aromatic rings. The zero-order valence-corrected chi connectivity index (χ0v) is 17.0. The number of amides is 1. The van der Waals surface area contributed by atoms with Crippen LogP contribution in [-0.2, 0) is 0 Å². The third kappa shape index (κ3) is 3.32. The molecule has 7 heteroatoms. The molecule has 158 valence electrons. The number of nitrogens with zero attached hydrogens (tertiary/aromatic N) is 3. The van der Waals surface area contributed by atoms with Gasteiger partial charge in [-0.25, -0.2) is 9.97 Å². The predicted molar refractivity (Wildman–Crippen MR) is 108 cm³/mol. The molecule has 2 unspecified atom stereocenters. The van der Waals surface area contributed by atoms with E-state index in [1.165, 1.54) is 0 Å². The van der Waals surface area contributed by atoms with E-state index in [0.29, 0.717) is 35.8 Å². The second kappa shape index (κ2) is 7.20. The highest BCUT2D eigenvalue weighted by atomic mass is 16.3. The fourth-order valence-corrected chi connectivity index (χ4v) is 7.18. The zero-order chi connectivity index (χ0) is 20.2. The largest absolute Gasteiger partial charge is 0.395 e. The van der Waals surface area contributed by atoms with Crippen molar-refractivity contribution in [1.29, 1.82) is 0 Å². The summed E-state index contributed by atoms with van der Waals surface area (Å²) >= 11 is 0. The highest BCUT2D eigenvalue weighted by Crippen LogP contribution is 2.57. The number of rotatable bonds is 6. The third-order valence-corrected chi connectivity index (χ3v) is 7.96. The number of anilines is 1. The van der Waals surface area contributed by atoms with Gasteiger partial charge in [-0.15, -0.1) is 0 Å². The Morgan fingerprint density at radius 2 is 1.90 bits per heavy atom. The fraction of sp³-hybridized carbons (Fsp3) is 0.773. The van der Waals surface area contributed by atoms with E-state index in [2.05, 4.69) is 9.88 Å². The Morgan fingerprint density at radius 1 is 1.21 bits per heavy atom. The zero-order valence-electron chi connectivity index (χ0n) is 17.0. The molecule has 1 aromatic heterocycles. The maximum atomic E-state index is 12.0. The summed E-state index contributed by atoms with van der Waals surface area (Å²) in [7, 11) is 0. The molecule has 29 heavy (non-hydrogen) atoms. The molecule has 5 saturated carbocycles. The van der Waals surface area contributed by atoms with Crippen molar-refractivity contribution in [3.05, 3.63) is 17.5 Å². The smallest absolute Gasteiger partial charge is 0.252 e. The minimum atomic E-state index is -0.496. The van der Waals surface area contributed by atoms with Gasteiger partial charge in [0.1, 0.15) is 0 Å². The van der Waals surface area contributed by atoms with Crippen molar-refractivity contribution in [1.82, 2.24) is 9.97 Å². The van der Waals surface area contributed by atoms with Crippen molar-refractivity contribution in [2.75, 3.05) is 18.1 Å². The second-order valence-corrected chi connectivity index (χ2v) is 9.92. The molecular formula is C22H32N4O3. The van der Waals surface area contributed by atoms with E-state index in [4.69, 9.17) is 10.7 Å². The summed E-state index contributed by atoms with van der Waals surface area (Å²) in [6, 6.07) is 0.245. The summed E-state index contributed by atoms with van der Waals surface area (Å²) in [5, 5.41) is 20.7. The van der Waals surface area contributed by atoms with E-state index in [0.717, 1.165) is 63.5 Å². The molecule has 1 amide bonds. The van der Waals surface area contributed by atoms with Crippen LogP contribution in [-0.4, -0.2) is 50.9 Å². The molecule has 4 bridgehead atoms. The van der Waals surface area contributed by atoms with Gasteiger partial charge >= 0.3 is 0 Å². The van der Waals surface area contributed by atoms with Crippen molar-refractivity contribution < 1.29 is 15.0 Å². The normalized spacial score (nSPS) is 35.9. The molecule has 0 radical (unpaired) electrons. The lowest BCUT2D eigenvalue weighted by Gasteiger charge is -2.60. The lowest BCUT2D eigenvalue weighted by molar-refractivity contribution is -0.134. The van der Waals surface area contributed by atoms with Gasteiger partial charge in [0.2, 0.25) is 5.95 Å². The van der Waals surface area contributed by atoms with Gasteiger partial charge in [0, 0.05) is 24.7 Å². The number of aromatic nitrogens is 2. The minimum Gasteiger partial charge on any atom is -0.395 e. The second-order valence-electron chi connectivity index (χ2n) is 9.92. The Labute approximate surface area is 171 Å². The Hall–Kier alpha value is -1.73.